The van der Waals surface area contributed by atoms with Gasteiger partial charge in [0.15, 0.2) is 0 Å². The van der Waals surface area contributed by atoms with Crippen molar-refractivity contribution < 1.29 is 9.59 Å². The number of hydrogen-bond donors (Lipinski definition) is 0. The molecule has 0 atom stereocenters. The highest BCUT2D eigenvalue weighted by Gasteiger charge is 2.27. The minimum Gasteiger partial charge on any atom is -0.329 e. The predicted molar refractivity (Wildman–Crippen MR) is 77.0 cm³/mol. The van der Waals surface area contributed by atoms with E-state index in [-0.39, 0.29) is 23.9 Å². The standard InChI is InChI=1S/C15H22N2O2/c1-12(18)17(15(2,3)4)11-14(19)16(5)13-9-7-6-8-10-13/h6-10H,11H2,1-5H3. The fourth-order valence-corrected chi connectivity index (χ4v) is 1.86. The number of amides is 2. The van der Waals surface area contributed by atoms with E-state index in [2.05, 4.69) is 0 Å². The molecule has 0 spiro atoms. The van der Waals surface area contributed by atoms with Gasteiger partial charge in [-0.1, -0.05) is 18.2 Å². The molecule has 2 amide bonds. The van der Waals surface area contributed by atoms with Crippen LogP contribution in [-0.2, 0) is 9.59 Å². The summed E-state index contributed by atoms with van der Waals surface area (Å²) in [5.41, 5.74) is 0.462. The van der Waals surface area contributed by atoms with Gasteiger partial charge >= 0.3 is 0 Å². The Morgan fingerprint density at radius 2 is 1.63 bits per heavy atom. The van der Waals surface area contributed by atoms with Gasteiger partial charge in [-0.25, -0.2) is 0 Å². The molecule has 0 heterocycles. The lowest BCUT2D eigenvalue weighted by Crippen LogP contribution is -2.49. The maximum Gasteiger partial charge on any atom is 0.246 e. The number of para-hydroxylation sites is 1. The third-order valence-electron chi connectivity index (χ3n) is 3.00. The Hall–Kier alpha value is -1.84. The van der Waals surface area contributed by atoms with Gasteiger partial charge < -0.3 is 9.80 Å². The van der Waals surface area contributed by atoms with Crippen molar-refractivity contribution in [2.75, 3.05) is 18.5 Å². The van der Waals surface area contributed by atoms with E-state index in [1.165, 1.54) is 6.92 Å². The summed E-state index contributed by atoms with van der Waals surface area (Å²) >= 11 is 0. The van der Waals surface area contributed by atoms with Crippen LogP contribution in [0.2, 0.25) is 0 Å². The van der Waals surface area contributed by atoms with Gasteiger partial charge in [-0.3, -0.25) is 9.59 Å². The molecule has 1 aromatic rings. The Labute approximate surface area is 115 Å². The minimum absolute atomic E-state index is 0.0875. The zero-order valence-corrected chi connectivity index (χ0v) is 12.3. The maximum absolute atomic E-state index is 12.2. The molecule has 0 aliphatic rings. The van der Waals surface area contributed by atoms with Crippen LogP contribution < -0.4 is 4.90 Å². The summed E-state index contributed by atoms with van der Waals surface area (Å²) < 4.78 is 0. The normalized spacial score (nSPS) is 11.0. The van der Waals surface area contributed by atoms with Crippen molar-refractivity contribution in [1.82, 2.24) is 4.90 Å². The molecule has 4 nitrogen and oxygen atoms in total. The highest BCUT2D eigenvalue weighted by atomic mass is 16.2. The van der Waals surface area contributed by atoms with Crippen molar-refractivity contribution in [3.63, 3.8) is 0 Å². The first-order chi connectivity index (χ1) is 8.73. The van der Waals surface area contributed by atoms with E-state index in [1.54, 1.807) is 16.8 Å². The predicted octanol–water partition coefficient (Wildman–Crippen LogP) is 2.30. The molecule has 0 N–H and O–H groups in total. The van der Waals surface area contributed by atoms with Gasteiger partial charge in [0.25, 0.3) is 0 Å². The molecule has 0 saturated carbocycles. The highest BCUT2D eigenvalue weighted by Crippen LogP contribution is 2.16. The quantitative estimate of drug-likeness (QED) is 0.838. The summed E-state index contributed by atoms with van der Waals surface area (Å²) in [6, 6.07) is 9.40. The molecule has 0 saturated heterocycles. The second kappa shape index (κ2) is 5.87. The van der Waals surface area contributed by atoms with Crippen LogP contribution in [0.25, 0.3) is 0 Å². The lowest BCUT2D eigenvalue weighted by molar-refractivity contribution is -0.138. The number of nitrogens with zero attached hydrogens (tertiary/aromatic N) is 2. The van der Waals surface area contributed by atoms with Crippen molar-refractivity contribution in [3.05, 3.63) is 30.3 Å². The first-order valence-corrected chi connectivity index (χ1v) is 6.33. The molecule has 0 aliphatic carbocycles. The highest BCUT2D eigenvalue weighted by molar-refractivity contribution is 5.96. The van der Waals surface area contributed by atoms with Crippen LogP contribution in [0.5, 0.6) is 0 Å². The molecule has 1 rings (SSSR count). The van der Waals surface area contributed by atoms with Crippen molar-refractivity contribution in [3.8, 4) is 0 Å². The molecule has 19 heavy (non-hydrogen) atoms. The van der Waals surface area contributed by atoms with Gasteiger partial charge in [-0.05, 0) is 32.9 Å². The van der Waals surface area contributed by atoms with Gasteiger partial charge in [0.2, 0.25) is 11.8 Å². The van der Waals surface area contributed by atoms with Crippen LogP contribution in [0, 0.1) is 0 Å². The van der Waals surface area contributed by atoms with E-state index in [0.717, 1.165) is 5.69 Å². The number of carbonyl (C=O) groups excluding carboxylic acids is 2. The van der Waals surface area contributed by atoms with Crippen molar-refractivity contribution in [1.29, 1.82) is 0 Å². The number of benzene rings is 1. The maximum atomic E-state index is 12.2. The number of hydrogen-bond acceptors (Lipinski definition) is 2. The smallest absolute Gasteiger partial charge is 0.246 e. The van der Waals surface area contributed by atoms with Crippen LogP contribution in [-0.4, -0.2) is 35.8 Å². The monoisotopic (exact) mass is 262 g/mol. The molecule has 104 valence electrons. The molecule has 0 unspecified atom stereocenters. The van der Waals surface area contributed by atoms with E-state index in [4.69, 9.17) is 0 Å². The van der Waals surface area contributed by atoms with Gasteiger partial charge in [-0.2, -0.15) is 0 Å². The van der Waals surface area contributed by atoms with E-state index in [0.29, 0.717) is 0 Å². The largest absolute Gasteiger partial charge is 0.329 e. The molecule has 0 aromatic heterocycles. The zero-order valence-electron chi connectivity index (χ0n) is 12.3. The third-order valence-corrected chi connectivity index (χ3v) is 3.00. The van der Waals surface area contributed by atoms with Crippen LogP contribution in [0.3, 0.4) is 0 Å². The fraction of sp³-hybridized carbons (Fsp3) is 0.467. The van der Waals surface area contributed by atoms with Crippen LogP contribution in [0.15, 0.2) is 30.3 Å². The second-order valence-corrected chi connectivity index (χ2v) is 5.56. The Kier molecular flexibility index (Phi) is 4.70. The summed E-state index contributed by atoms with van der Waals surface area (Å²) in [5.74, 6) is -0.196. The van der Waals surface area contributed by atoms with Gasteiger partial charge in [-0.15, -0.1) is 0 Å². The number of rotatable bonds is 3. The molecule has 0 radical (unpaired) electrons. The lowest BCUT2D eigenvalue weighted by Gasteiger charge is -2.35. The topological polar surface area (TPSA) is 40.6 Å². The van der Waals surface area contributed by atoms with Crippen molar-refractivity contribution in [2.45, 2.75) is 33.2 Å². The second-order valence-electron chi connectivity index (χ2n) is 5.56. The van der Waals surface area contributed by atoms with Gasteiger partial charge in [0.1, 0.15) is 6.54 Å². The molecule has 1 aromatic carbocycles. The summed E-state index contributed by atoms with van der Waals surface area (Å²) in [7, 11) is 1.72. The molecular weight excluding hydrogens is 240 g/mol. The Morgan fingerprint density at radius 1 is 1.11 bits per heavy atom. The summed E-state index contributed by atoms with van der Waals surface area (Å²) in [5, 5.41) is 0. The van der Waals surface area contributed by atoms with E-state index in [9.17, 15) is 9.59 Å². The fourth-order valence-electron chi connectivity index (χ4n) is 1.86. The van der Waals surface area contributed by atoms with Gasteiger partial charge in [0.05, 0.1) is 0 Å². The van der Waals surface area contributed by atoms with E-state index in [1.807, 2.05) is 51.1 Å². The van der Waals surface area contributed by atoms with E-state index >= 15 is 0 Å². The third kappa shape index (κ3) is 4.09. The van der Waals surface area contributed by atoms with Crippen LogP contribution in [0.1, 0.15) is 27.7 Å². The summed E-state index contributed by atoms with van der Waals surface area (Å²) in [6.45, 7) is 7.34. The minimum atomic E-state index is -0.362. The molecule has 0 bridgehead atoms. The number of carbonyl (C=O) groups is 2. The Balaban J connectivity index is 2.81. The SMILES string of the molecule is CC(=O)N(CC(=O)N(C)c1ccccc1)C(C)(C)C. The Bertz CT molecular complexity index is 449. The lowest BCUT2D eigenvalue weighted by atomic mass is 10.1. The summed E-state index contributed by atoms with van der Waals surface area (Å²) in [4.78, 5) is 27.0. The molecule has 0 aliphatic heterocycles. The van der Waals surface area contributed by atoms with Crippen molar-refractivity contribution in [2.24, 2.45) is 0 Å². The number of anilines is 1. The number of likely N-dealkylation sites (N-methyl/N-ethyl adjacent to an activating group) is 1. The Morgan fingerprint density at radius 3 is 2.05 bits per heavy atom. The molecule has 0 fully saturated rings. The average molecular weight is 262 g/mol. The zero-order chi connectivity index (χ0) is 14.6. The summed E-state index contributed by atoms with van der Waals surface area (Å²) in [6.07, 6.45) is 0. The van der Waals surface area contributed by atoms with E-state index < -0.39 is 0 Å². The molecule has 4 heteroatoms. The first kappa shape index (κ1) is 15.2. The van der Waals surface area contributed by atoms with Crippen LogP contribution in [0.4, 0.5) is 5.69 Å². The van der Waals surface area contributed by atoms with Gasteiger partial charge in [0, 0.05) is 25.2 Å². The van der Waals surface area contributed by atoms with Crippen LogP contribution >= 0.6 is 0 Å². The van der Waals surface area contributed by atoms with Crippen molar-refractivity contribution >= 4 is 17.5 Å². The average Bonchev–Trinajstić information content (AvgIpc) is 2.34. The first-order valence-electron chi connectivity index (χ1n) is 6.33. The molecular formula is C15H22N2O2.